The Kier molecular flexibility index (Phi) is 7.82. The Balaban J connectivity index is 2.23. The van der Waals surface area contributed by atoms with Crippen molar-refractivity contribution in [3.63, 3.8) is 0 Å². The summed E-state index contributed by atoms with van der Waals surface area (Å²) < 4.78 is 5.74. The van der Waals surface area contributed by atoms with Crippen LogP contribution in [0.3, 0.4) is 0 Å². The fourth-order valence-corrected chi connectivity index (χ4v) is 2.46. The van der Waals surface area contributed by atoms with Crippen molar-refractivity contribution in [3.8, 4) is 0 Å². The Labute approximate surface area is 117 Å². The van der Waals surface area contributed by atoms with Crippen LogP contribution in [0.15, 0.2) is 4.99 Å². The molecular formula is C14H30N4O. The standard InChI is InChI=1S/C14H30N4O/c1-5-15-14(16-6-2)17-8-7-9-18-10-12(3)19-13(4)11-18/h12-13H,5-11H2,1-4H3,(H2,15,16,17). The molecule has 1 rings (SSSR count). The smallest absolute Gasteiger partial charge is 0.191 e. The van der Waals surface area contributed by atoms with Crippen molar-refractivity contribution in [2.75, 3.05) is 39.3 Å². The molecule has 0 aliphatic carbocycles. The van der Waals surface area contributed by atoms with Gasteiger partial charge in [0, 0.05) is 39.3 Å². The van der Waals surface area contributed by atoms with E-state index in [0.29, 0.717) is 12.2 Å². The Bertz CT molecular complexity index is 252. The second kappa shape index (κ2) is 9.15. The van der Waals surface area contributed by atoms with Gasteiger partial charge in [-0.3, -0.25) is 9.89 Å². The largest absolute Gasteiger partial charge is 0.373 e. The van der Waals surface area contributed by atoms with Crippen molar-refractivity contribution >= 4 is 5.96 Å². The van der Waals surface area contributed by atoms with E-state index in [0.717, 1.165) is 51.6 Å². The summed E-state index contributed by atoms with van der Waals surface area (Å²) in [7, 11) is 0. The van der Waals surface area contributed by atoms with Crippen molar-refractivity contribution in [2.45, 2.75) is 46.3 Å². The number of aliphatic imine (C=N–C) groups is 1. The zero-order valence-corrected chi connectivity index (χ0v) is 12.9. The van der Waals surface area contributed by atoms with Gasteiger partial charge in [-0.15, -0.1) is 0 Å². The second-order valence-corrected chi connectivity index (χ2v) is 5.16. The van der Waals surface area contributed by atoms with Gasteiger partial charge in [0.05, 0.1) is 12.2 Å². The third-order valence-electron chi connectivity index (χ3n) is 3.09. The van der Waals surface area contributed by atoms with Crippen molar-refractivity contribution in [3.05, 3.63) is 0 Å². The summed E-state index contributed by atoms with van der Waals surface area (Å²) in [5, 5.41) is 6.48. The first-order valence-electron chi connectivity index (χ1n) is 7.55. The Morgan fingerprint density at radius 3 is 2.26 bits per heavy atom. The summed E-state index contributed by atoms with van der Waals surface area (Å²) in [5.41, 5.74) is 0. The van der Waals surface area contributed by atoms with Crippen molar-refractivity contribution in [1.82, 2.24) is 15.5 Å². The predicted molar refractivity (Wildman–Crippen MR) is 80.7 cm³/mol. The Morgan fingerprint density at radius 1 is 1.16 bits per heavy atom. The highest BCUT2D eigenvalue weighted by atomic mass is 16.5. The monoisotopic (exact) mass is 270 g/mol. The molecule has 2 unspecified atom stereocenters. The number of nitrogens with zero attached hydrogens (tertiary/aromatic N) is 2. The van der Waals surface area contributed by atoms with Crippen LogP contribution in [0.5, 0.6) is 0 Å². The molecule has 112 valence electrons. The van der Waals surface area contributed by atoms with Crippen LogP contribution < -0.4 is 10.6 Å². The van der Waals surface area contributed by atoms with Crippen LogP contribution in [0.2, 0.25) is 0 Å². The van der Waals surface area contributed by atoms with E-state index in [1.807, 2.05) is 0 Å². The number of guanidine groups is 1. The molecule has 1 aliphatic heterocycles. The van der Waals surface area contributed by atoms with Crippen LogP contribution >= 0.6 is 0 Å². The summed E-state index contributed by atoms with van der Waals surface area (Å²) in [5.74, 6) is 0.925. The first kappa shape index (κ1) is 16.2. The molecule has 0 saturated carbocycles. The van der Waals surface area contributed by atoms with Crippen molar-refractivity contribution < 1.29 is 4.74 Å². The third kappa shape index (κ3) is 6.78. The molecule has 0 aromatic carbocycles. The summed E-state index contributed by atoms with van der Waals surface area (Å²) >= 11 is 0. The molecule has 5 nitrogen and oxygen atoms in total. The first-order chi connectivity index (χ1) is 9.15. The summed E-state index contributed by atoms with van der Waals surface area (Å²) in [4.78, 5) is 7.04. The van der Waals surface area contributed by atoms with Gasteiger partial charge < -0.3 is 15.4 Å². The van der Waals surface area contributed by atoms with E-state index in [9.17, 15) is 0 Å². The molecular weight excluding hydrogens is 240 g/mol. The Hall–Kier alpha value is -0.810. The molecule has 2 atom stereocenters. The molecule has 5 heteroatoms. The van der Waals surface area contributed by atoms with Gasteiger partial charge in [0.15, 0.2) is 5.96 Å². The molecule has 1 saturated heterocycles. The average Bonchev–Trinajstić information content (AvgIpc) is 2.34. The minimum Gasteiger partial charge on any atom is -0.373 e. The lowest BCUT2D eigenvalue weighted by atomic mass is 10.2. The predicted octanol–water partition coefficient (Wildman–Crippen LogP) is 1.06. The van der Waals surface area contributed by atoms with E-state index >= 15 is 0 Å². The molecule has 0 aromatic heterocycles. The molecule has 19 heavy (non-hydrogen) atoms. The fourth-order valence-electron chi connectivity index (χ4n) is 2.46. The van der Waals surface area contributed by atoms with Crippen LogP contribution in [0, 0.1) is 0 Å². The number of rotatable bonds is 6. The molecule has 0 amide bonds. The van der Waals surface area contributed by atoms with Gasteiger partial charge in [0.25, 0.3) is 0 Å². The van der Waals surface area contributed by atoms with Crippen LogP contribution in [0.25, 0.3) is 0 Å². The Morgan fingerprint density at radius 2 is 1.74 bits per heavy atom. The lowest BCUT2D eigenvalue weighted by Gasteiger charge is -2.35. The lowest BCUT2D eigenvalue weighted by molar-refractivity contribution is -0.0679. The summed E-state index contributed by atoms with van der Waals surface area (Å²) in [6.07, 6.45) is 1.80. The number of hydrogen-bond donors (Lipinski definition) is 2. The van der Waals surface area contributed by atoms with Gasteiger partial charge >= 0.3 is 0 Å². The minimum absolute atomic E-state index is 0.353. The van der Waals surface area contributed by atoms with Crippen LogP contribution in [0.1, 0.15) is 34.1 Å². The van der Waals surface area contributed by atoms with E-state index in [1.165, 1.54) is 0 Å². The number of morpholine rings is 1. The van der Waals surface area contributed by atoms with E-state index in [2.05, 4.69) is 48.2 Å². The molecule has 2 N–H and O–H groups in total. The molecule has 0 aromatic rings. The van der Waals surface area contributed by atoms with Gasteiger partial charge in [0.1, 0.15) is 0 Å². The van der Waals surface area contributed by atoms with Crippen molar-refractivity contribution in [2.24, 2.45) is 4.99 Å². The molecule has 0 bridgehead atoms. The zero-order valence-electron chi connectivity index (χ0n) is 12.9. The second-order valence-electron chi connectivity index (χ2n) is 5.16. The number of nitrogens with one attached hydrogen (secondary N) is 2. The maximum Gasteiger partial charge on any atom is 0.191 e. The van der Waals surface area contributed by atoms with E-state index < -0.39 is 0 Å². The topological polar surface area (TPSA) is 48.9 Å². The van der Waals surface area contributed by atoms with Crippen LogP contribution in [-0.2, 0) is 4.74 Å². The molecule has 0 radical (unpaired) electrons. The zero-order chi connectivity index (χ0) is 14.1. The molecule has 1 fully saturated rings. The average molecular weight is 270 g/mol. The van der Waals surface area contributed by atoms with E-state index in [-0.39, 0.29) is 0 Å². The highest BCUT2D eigenvalue weighted by molar-refractivity contribution is 5.79. The van der Waals surface area contributed by atoms with E-state index in [4.69, 9.17) is 4.74 Å². The molecule has 1 aliphatic rings. The quantitative estimate of drug-likeness (QED) is 0.430. The maximum atomic E-state index is 5.74. The SMILES string of the molecule is CCNC(=NCCCN1CC(C)OC(C)C1)NCC. The number of ether oxygens (including phenoxy) is 1. The lowest BCUT2D eigenvalue weighted by Crippen LogP contribution is -2.45. The van der Waals surface area contributed by atoms with E-state index in [1.54, 1.807) is 0 Å². The first-order valence-corrected chi connectivity index (χ1v) is 7.55. The number of hydrogen-bond acceptors (Lipinski definition) is 3. The van der Waals surface area contributed by atoms with Gasteiger partial charge in [-0.1, -0.05) is 0 Å². The third-order valence-corrected chi connectivity index (χ3v) is 3.09. The maximum absolute atomic E-state index is 5.74. The van der Waals surface area contributed by atoms with Gasteiger partial charge in [-0.25, -0.2) is 0 Å². The van der Waals surface area contributed by atoms with Gasteiger partial charge in [-0.05, 0) is 34.1 Å². The van der Waals surface area contributed by atoms with Crippen molar-refractivity contribution in [1.29, 1.82) is 0 Å². The fraction of sp³-hybridized carbons (Fsp3) is 0.929. The minimum atomic E-state index is 0.353. The van der Waals surface area contributed by atoms with Gasteiger partial charge in [0.2, 0.25) is 0 Å². The van der Waals surface area contributed by atoms with Crippen LogP contribution in [0.4, 0.5) is 0 Å². The highest BCUT2D eigenvalue weighted by Gasteiger charge is 2.21. The summed E-state index contributed by atoms with van der Waals surface area (Å²) in [6, 6.07) is 0. The molecule has 1 heterocycles. The van der Waals surface area contributed by atoms with Gasteiger partial charge in [-0.2, -0.15) is 0 Å². The summed E-state index contributed by atoms with van der Waals surface area (Å²) in [6.45, 7) is 14.3. The molecule has 0 spiro atoms. The normalized spacial score (nSPS) is 24.0. The van der Waals surface area contributed by atoms with Crippen LogP contribution in [-0.4, -0.2) is 62.3 Å². The highest BCUT2D eigenvalue weighted by Crippen LogP contribution is 2.10.